The van der Waals surface area contributed by atoms with Crippen molar-refractivity contribution >= 4 is 5.91 Å². The van der Waals surface area contributed by atoms with Gasteiger partial charge in [-0.1, -0.05) is 0 Å². The largest absolute Gasteiger partial charge is 0.370 e. The lowest BCUT2D eigenvalue weighted by atomic mass is 10.3. The van der Waals surface area contributed by atoms with Crippen molar-refractivity contribution in [1.82, 2.24) is 10.3 Å². The van der Waals surface area contributed by atoms with Gasteiger partial charge >= 0.3 is 0 Å². The molecule has 0 unspecified atom stereocenters. The number of nitrogens with zero attached hydrogens (tertiary/aromatic N) is 1. The zero-order chi connectivity index (χ0) is 11.8. The minimum atomic E-state index is -0.491. The standard InChI is InChI=1S/C10H14FN3O2/c11-9-3-8(5-14-6-9)4-13-1-2-16-7-10(12)15/h3,5-6,13H,1-2,4,7H2,(H2,12,15). The molecule has 16 heavy (non-hydrogen) atoms. The molecule has 0 atom stereocenters. The van der Waals surface area contributed by atoms with Gasteiger partial charge in [0.1, 0.15) is 12.4 Å². The Hall–Kier alpha value is -1.53. The molecule has 0 fully saturated rings. The highest BCUT2D eigenvalue weighted by Crippen LogP contribution is 1.99. The molecule has 0 radical (unpaired) electrons. The van der Waals surface area contributed by atoms with E-state index in [-0.39, 0.29) is 12.4 Å². The number of amides is 1. The molecule has 1 heterocycles. The zero-order valence-electron chi connectivity index (χ0n) is 8.78. The molecule has 0 aliphatic heterocycles. The van der Waals surface area contributed by atoms with Gasteiger partial charge in [0.25, 0.3) is 0 Å². The Kier molecular flexibility index (Phi) is 5.38. The molecular formula is C10H14FN3O2. The highest BCUT2D eigenvalue weighted by Gasteiger charge is 1.96. The van der Waals surface area contributed by atoms with Crippen LogP contribution in [0.25, 0.3) is 0 Å². The van der Waals surface area contributed by atoms with E-state index >= 15 is 0 Å². The number of nitrogens with two attached hydrogens (primary N) is 1. The van der Waals surface area contributed by atoms with E-state index in [1.807, 2.05) is 0 Å². The molecule has 0 bridgehead atoms. The van der Waals surface area contributed by atoms with Gasteiger partial charge < -0.3 is 15.8 Å². The van der Waals surface area contributed by atoms with Crippen LogP contribution in [0.5, 0.6) is 0 Å². The summed E-state index contributed by atoms with van der Waals surface area (Å²) in [5.41, 5.74) is 5.64. The van der Waals surface area contributed by atoms with Gasteiger partial charge in [-0.3, -0.25) is 9.78 Å². The lowest BCUT2D eigenvalue weighted by Crippen LogP contribution is -2.23. The first-order valence-corrected chi connectivity index (χ1v) is 4.84. The van der Waals surface area contributed by atoms with Crippen molar-refractivity contribution in [2.24, 2.45) is 5.73 Å². The molecule has 6 heteroatoms. The van der Waals surface area contributed by atoms with Gasteiger partial charge in [-0.05, 0) is 11.6 Å². The van der Waals surface area contributed by atoms with Gasteiger partial charge in [-0.25, -0.2) is 4.39 Å². The topological polar surface area (TPSA) is 77.2 Å². The first kappa shape index (κ1) is 12.5. The van der Waals surface area contributed by atoms with Crippen LogP contribution >= 0.6 is 0 Å². The summed E-state index contributed by atoms with van der Waals surface area (Å²) in [6, 6.07) is 1.41. The molecule has 1 aromatic rings. The minimum Gasteiger partial charge on any atom is -0.370 e. The van der Waals surface area contributed by atoms with E-state index in [1.54, 1.807) is 6.20 Å². The quantitative estimate of drug-likeness (QED) is 0.633. The maximum Gasteiger partial charge on any atom is 0.243 e. The molecule has 0 aliphatic rings. The second kappa shape index (κ2) is 6.86. The zero-order valence-corrected chi connectivity index (χ0v) is 8.78. The first-order valence-electron chi connectivity index (χ1n) is 4.84. The van der Waals surface area contributed by atoms with Crippen LogP contribution in [0.1, 0.15) is 5.56 Å². The average molecular weight is 227 g/mol. The second-order valence-electron chi connectivity index (χ2n) is 3.21. The number of aromatic nitrogens is 1. The van der Waals surface area contributed by atoms with Crippen LogP contribution in [-0.2, 0) is 16.1 Å². The number of hydrogen-bond donors (Lipinski definition) is 2. The van der Waals surface area contributed by atoms with Crippen LogP contribution < -0.4 is 11.1 Å². The van der Waals surface area contributed by atoms with Crippen molar-refractivity contribution in [3.63, 3.8) is 0 Å². The van der Waals surface area contributed by atoms with E-state index in [2.05, 4.69) is 10.3 Å². The fourth-order valence-corrected chi connectivity index (χ4v) is 1.10. The predicted molar refractivity (Wildman–Crippen MR) is 55.9 cm³/mol. The molecule has 0 saturated heterocycles. The van der Waals surface area contributed by atoms with Crippen molar-refractivity contribution in [3.05, 3.63) is 29.8 Å². The number of ether oxygens (including phenoxy) is 1. The van der Waals surface area contributed by atoms with Crippen molar-refractivity contribution in [3.8, 4) is 0 Å². The Morgan fingerprint density at radius 2 is 2.38 bits per heavy atom. The minimum absolute atomic E-state index is 0.0802. The van der Waals surface area contributed by atoms with Gasteiger partial charge in [0.05, 0.1) is 12.8 Å². The molecule has 1 aromatic heterocycles. The number of carbonyl (C=O) groups is 1. The smallest absolute Gasteiger partial charge is 0.243 e. The van der Waals surface area contributed by atoms with Crippen molar-refractivity contribution < 1.29 is 13.9 Å². The van der Waals surface area contributed by atoms with E-state index in [0.29, 0.717) is 19.7 Å². The fraction of sp³-hybridized carbons (Fsp3) is 0.400. The molecule has 0 aromatic carbocycles. The number of rotatable bonds is 7. The third kappa shape index (κ3) is 5.38. The van der Waals surface area contributed by atoms with Crippen molar-refractivity contribution in [2.45, 2.75) is 6.54 Å². The van der Waals surface area contributed by atoms with Crippen LogP contribution in [0.15, 0.2) is 18.5 Å². The summed E-state index contributed by atoms with van der Waals surface area (Å²) in [6.07, 6.45) is 2.74. The molecule has 0 spiro atoms. The van der Waals surface area contributed by atoms with Crippen LogP contribution in [0, 0.1) is 5.82 Å². The lowest BCUT2D eigenvalue weighted by Gasteiger charge is -2.04. The average Bonchev–Trinajstić information content (AvgIpc) is 2.23. The SMILES string of the molecule is NC(=O)COCCNCc1cncc(F)c1. The second-order valence-corrected chi connectivity index (χ2v) is 3.21. The van der Waals surface area contributed by atoms with Crippen LogP contribution in [0.3, 0.4) is 0 Å². The van der Waals surface area contributed by atoms with Crippen LogP contribution in [-0.4, -0.2) is 30.6 Å². The van der Waals surface area contributed by atoms with E-state index in [9.17, 15) is 9.18 Å². The molecule has 0 aliphatic carbocycles. The molecule has 1 rings (SSSR count). The third-order valence-corrected chi connectivity index (χ3v) is 1.76. The maximum atomic E-state index is 12.7. The summed E-state index contributed by atoms with van der Waals surface area (Å²) in [5, 5.41) is 3.02. The molecule has 5 nitrogen and oxygen atoms in total. The van der Waals surface area contributed by atoms with Crippen molar-refractivity contribution in [1.29, 1.82) is 0 Å². The number of nitrogens with one attached hydrogen (secondary N) is 1. The van der Waals surface area contributed by atoms with Gasteiger partial charge in [-0.15, -0.1) is 0 Å². The van der Waals surface area contributed by atoms with Gasteiger partial charge in [0.2, 0.25) is 5.91 Å². The highest BCUT2D eigenvalue weighted by molar-refractivity contribution is 5.74. The van der Waals surface area contributed by atoms with E-state index in [4.69, 9.17) is 10.5 Å². The van der Waals surface area contributed by atoms with Crippen molar-refractivity contribution in [2.75, 3.05) is 19.8 Å². The molecule has 88 valence electrons. The number of hydrogen-bond acceptors (Lipinski definition) is 4. The Balaban J connectivity index is 2.09. The Labute approximate surface area is 92.8 Å². The summed E-state index contributed by atoms with van der Waals surface area (Å²) >= 11 is 0. The van der Waals surface area contributed by atoms with Crippen LogP contribution in [0.2, 0.25) is 0 Å². The maximum absolute atomic E-state index is 12.7. The third-order valence-electron chi connectivity index (χ3n) is 1.76. The van der Waals surface area contributed by atoms with Gasteiger partial charge in [0.15, 0.2) is 0 Å². The molecule has 3 N–H and O–H groups in total. The summed E-state index contributed by atoms with van der Waals surface area (Å²) in [5.74, 6) is -0.849. The Bertz CT molecular complexity index is 347. The van der Waals surface area contributed by atoms with E-state index < -0.39 is 5.91 Å². The summed E-state index contributed by atoms with van der Waals surface area (Å²) in [7, 11) is 0. The monoisotopic (exact) mass is 227 g/mol. The fourth-order valence-electron chi connectivity index (χ4n) is 1.10. The van der Waals surface area contributed by atoms with Gasteiger partial charge in [0, 0.05) is 19.3 Å². The summed E-state index contributed by atoms with van der Waals surface area (Å²) in [6.45, 7) is 1.36. The van der Waals surface area contributed by atoms with E-state index in [1.165, 1.54) is 6.07 Å². The molecule has 1 amide bonds. The van der Waals surface area contributed by atoms with Gasteiger partial charge in [-0.2, -0.15) is 0 Å². The summed E-state index contributed by atoms with van der Waals surface area (Å²) < 4.78 is 17.6. The van der Waals surface area contributed by atoms with Crippen LogP contribution in [0.4, 0.5) is 4.39 Å². The Morgan fingerprint density at radius 3 is 3.06 bits per heavy atom. The molecule has 0 saturated carbocycles. The molecular weight excluding hydrogens is 213 g/mol. The number of carbonyl (C=O) groups excluding carboxylic acids is 1. The predicted octanol–water partition coefficient (Wildman–Crippen LogP) is -0.188. The first-order chi connectivity index (χ1) is 7.68. The highest BCUT2D eigenvalue weighted by atomic mass is 19.1. The normalized spacial score (nSPS) is 10.3. The lowest BCUT2D eigenvalue weighted by molar-refractivity contribution is -0.122. The van der Waals surface area contributed by atoms with E-state index in [0.717, 1.165) is 11.8 Å². The summed E-state index contributed by atoms with van der Waals surface area (Å²) in [4.78, 5) is 14.0. The Morgan fingerprint density at radius 1 is 1.56 bits per heavy atom. The number of pyridine rings is 1. The number of halogens is 1. The number of primary amides is 1.